The van der Waals surface area contributed by atoms with Crippen molar-refractivity contribution in [3.63, 3.8) is 0 Å². The summed E-state index contributed by atoms with van der Waals surface area (Å²) in [6, 6.07) is 4.86. The minimum Gasteiger partial charge on any atom is -0.494 e. The van der Waals surface area contributed by atoms with E-state index in [0.717, 1.165) is 24.9 Å². The van der Waals surface area contributed by atoms with Crippen LogP contribution in [0.4, 0.5) is 4.39 Å². The van der Waals surface area contributed by atoms with Crippen LogP contribution in [0.15, 0.2) is 18.2 Å². The van der Waals surface area contributed by atoms with E-state index in [1.807, 2.05) is 11.9 Å². The number of piperazine rings is 1. The van der Waals surface area contributed by atoms with Gasteiger partial charge in [0.05, 0.1) is 19.2 Å². The molecule has 0 radical (unpaired) electrons. The molecule has 2 aliphatic heterocycles. The second kappa shape index (κ2) is 6.45. The molecule has 2 aliphatic rings. The number of nitrogens with zero attached hydrogens (tertiary/aromatic N) is 2. The second-order valence-electron chi connectivity index (χ2n) is 6.40. The fourth-order valence-electron chi connectivity index (χ4n) is 3.56. The van der Waals surface area contributed by atoms with Gasteiger partial charge in [-0.25, -0.2) is 4.39 Å². The third-order valence-corrected chi connectivity index (χ3v) is 5.01. The Kier molecular flexibility index (Phi) is 4.55. The number of likely N-dealkylation sites (N-methyl/N-ethyl adjacent to an activating group) is 1. The summed E-state index contributed by atoms with van der Waals surface area (Å²) in [6.07, 6.45) is 1.72. The van der Waals surface area contributed by atoms with Gasteiger partial charge in [0.15, 0.2) is 11.6 Å². The van der Waals surface area contributed by atoms with Crippen molar-refractivity contribution >= 4 is 5.91 Å². The summed E-state index contributed by atoms with van der Waals surface area (Å²) < 4.78 is 24.0. The van der Waals surface area contributed by atoms with E-state index in [2.05, 4.69) is 4.90 Å². The first-order chi connectivity index (χ1) is 11.0. The molecule has 6 heteroatoms. The van der Waals surface area contributed by atoms with Crippen molar-refractivity contribution < 1.29 is 18.7 Å². The van der Waals surface area contributed by atoms with Crippen LogP contribution in [0.5, 0.6) is 5.75 Å². The van der Waals surface area contributed by atoms with Gasteiger partial charge in [0.25, 0.3) is 0 Å². The van der Waals surface area contributed by atoms with Crippen LogP contribution in [0.3, 0.4) is 0 Å². The van der Waals surface area contributed by atoms with E-state index in [1.54, 1.807) is 12.1 Å². The Labute approximate surface area is 136 Å². The first kappa shape index (κ1) is 16.2. The Morgan fingerprint density at radius 3 is 2.78 bits per heavy atom. The highest BCUT2D eigenvalue weighted by atomic mass is 19.1. The minimum absolute atomic E-state index is 0.132. The van der Waals surface area contributed by atoms with Gasteiger partial charge < -0.3 is 14.4 Å². The van der Waals surface area contributed by atoms with Gasteiger partial charge in [-0.3, -0.25) is 9.69 Å². The molecule has 2 heterocycles. The van der Waals surface area contributed by atoms with E-state index < -0.39 is 0 Å². The van der Waals surface area contributed by atoms with Gasteiger partial charge in [-0.2, -0.15) is 0 Å². The summed E-state index contributed by atoms with van der Waals surface area (Å²) in [7, 11) is 3.35. The molecule has 0 aromatic heterocycles. The molecule has 1 aromatic carbocycles. The molecule has 0 unspecified atom stereocenters. The van der Waals surface area contributed by atoms with Crippen LogP contribution >= 0.6 is 0 Å². The second-order valence-corrected chi connectivity index (χ2v) is 6.40. The number of carbonyl (C=O) groups is 1. The molecule has 3 rings (SSSR count). The summed E-state index contributed by atoms with van der Waals surface area (Å²) in [5.41, 5.74) is 0.806. The first-order valence-corrected chi connectivity index (χ1v) is 7.93. The number of ether oxygens (including phenoxy) is 2. The van der Waals surface area contributed by atoms with Crippen LogP contribution in [0.25, 0.3) is 0 Å². The average Bonchev–Trinajstić information content (AvgIpc) is 2.55. The molecule has 0 atom stereocenters. The van der Waals surface area contributed by atoms with E-state index in [4.69, 9.17) is 9.47 Å². The zero-order valence-electron chi connectivity index (χ0n) is 13.7. The molecule has 0 saturated carbocycles. The number of hydrogen-bond donors (Lipinski definition) is 0. The van der Waals surface area contributed by atoms with Gasteiger partial charge in [0.1, 0.15) is 0 Å². The van der Waals surface area contributed by atoms with Crippen molar-refractivity contribution in [2.45, 2.75) is 24.9 Å². The standard InChI is InChI=1S/C17H23FN2O3/c1-19-16(21)11-20(12-17(19)5-7-23-8-6-17)10-13-3-4-14(18)15(9-13)22-2/h3-4,9H,5-8,10-12H2,1-2H3. The monoisotopic (exact) mass is 322 g/mol. The molecule has 2 saturated heterocycles. The maximum atomic E-state index is 13.5. The summed E-state index contributed by atoms with van der Waals surface area (Å²) in [5, 5.41) is 0. The predicted molar refractivity (Wildman–Crippen MR) is 83.8 cm³/mol. The smallest absolute Gasteiger partial charge is 0.237 e. The lowest BCUT2D eigenvalue weighted by Gasteiger charge is -2.51. The topological polar surface area (TPSA) is 42.0 Å². The molecule has 2 fully saturated rings. The van der Waals surface area contributed by atoms with Crippen LogP contribution in [0, 0.1) is 5.82 Å². The summed E-state index contributed by atoms with van der Waals surface area (Å²) >= 11 is 0. The van der Waals surface area contributed by atoms with Gasteiger partial charge in [-0.15, -0.1) is 0 Å². The van der Waals surface area contributed by atoms with Crippen molar-refractivity contribution in [1.29, 1.82) is 0 Å². The lowest BCUT2D eigenvalue weighted by atomic mass is 9.85. The van der Waals surface area contributed by atoms with Gasteiger partial charge in [0, 0.05) is 33.4 Å². The van der Waals surface area contributed by atoms with Crippen LogP contribution < -0.4 is 4.74 Å². The molecular weight excluding hydrogens is 299 g/mol. The van der Waals surface area contributed by atoms with Crippen molar-refractivity contribution in [2.75, 3.05) is 40.5 Å². The van der Waals surface area contributed by atoms with Gasteiger partial charge in [0.2, 0.25) is 5.91 Å². The molecule has 1 aromatic rings. The number of amides is 1. The Balaban J connectivity index is 1.76. The molecule has 0 N–H and O–H groups in total. The molecule has 5 nitrogen and oxygen atoms in total. The lowest BCUT2D eigenvalue weighted by Crippen LogP contribution is -2.64. The van der Waals surface area contributed by atoms with Crippen LogP contribution in [-0.2, 0) is 16.1 Å². The van der Waals surface area contributed by atoms with E-state index in [0.29, 0.717) is 26.3 Å². The molecule has 126 valence electrons. The fraction of sp³-hybridized carbons (Fsp3) is 0.588. The Morgan fingerprint density at radius 2 is 2.09 bits per heavy atom. The number of benzene rings is 1. The van der Waals surface area contributed by atoms with Crippen molar-refractivity contribution in [3.05, 3.63) is 29.6 Å². The molecular formula is C17H23FN2O3. The largest absolute Gasteiger partial charge is 0.494 e. The SMILES string of the molecule is COc1cc(CN2CC(=O)N(C)C3(CCOCC3)C2)ccc1F. The number of halogens is 1. The third kappa shape index (κ3) is 3.19. The van der Waals surface area contributed by atoms with Crippen LogP contribution in [-0.4, -0.2) is 61.7 Å². The van der Waals surface area contributed by atoms with Gasteiger partial charge in [-0.05, 0) is 30.5 Å². The predicted octanol–water partition coefficient (Wildman–Crippen LogP) is 1.66. The fourth-order valence-corrected chi connectivity index (χ4v) is 3.56. The number of carbonyl (C=O) groups excluding carboxylic acids is 1. The quantitative estimate of drug-likeness (QED) is 0.849. The molecule has 0 aliphatic carbocycles. The molecule has 23 heavy (non-hydrogen) atoms. The summed E-state index contributed by atoms with van der Waals surface area (Å²) in [6.45, 7) is 3.20. The molecule has 1 spiro atoms. The Morgan fingerprint density at radius 1 is 1.35 bits per heavy atom. The zero-order valence-corrected chi connectivity index (χ0v) is 13.7. The minimum atomic E-state index is -0.369. The summed E-state index contributed by atoms with van der Waals surface area (Å²) in [4.78, 5) is 16.4. The maximum Gasteiger partial charge on any atom is 0.237 e. The highest BCUT2D eigenvalue weighted by molar-refractivity contribution is 5.79. The Bertz CT molecular complexity index is 587. The van der Waals surface area contributed by atoms with Crippen molar-refractivity contribution in [1.82, 2.24) is 9.80 Å². The normalized spacial score (nSPS) is 21.7. The van der Waals surface area contributed by atoms with E-state index in [-0.39, 0.29) is 23.0 Å². The highest BCUT2D eigenvalue weighted by Gasteiger charge is 2.44. The average molecular weight is 322 g/mol. The van der Waals surface area contributed by atoms with Gasteiger partial charge >= 0.3 is 0 Å². The number of methoxy groups -OCH3 is 1. The Hall–Kier alpha value is -1.66. The highest BCUT2D eigenvalue weighted by Crippen LogP contribution is 2.32. The molecule has 0 bridgehead atoms. The number of hydrogen-bond acceptors (Lipinski definition) is 4. The van der Waals surface area contributed by atoms with E-state index in [1.165, 1.54) is 13.2 Å². The van der Waals surface area contributed by atoms with Crippen molar-refractivity contribution in [3.8, 4) is 5.75 Å². The van der Waals surface area contributed by atoms with Crippen molar-refractivity contribution in [2.24, 2.45) is 0 Å². The third-order valence-electron chi connectivity index (χ3n) is 5.01. The summed E-state index contributed by atoms with van der Waals surface area (Å²) in [5.74, 6) is 0.00237. The van der Waals surface area contributed by atoms with E-state index >= 15 is 0 Å². The number of rotatable bonds is 3. The van der Waals surface area contributed by atoms with Gasteiger partial charge in [-0.1, -0.05) is 6.07 Å². The maximum absolute atomic E-state index is 13.5. The zero-order chi connectivity index (χ0) is 16.4. The first-order valence-electron chi connectivity index (χ1n) is 7.93. The lowest BCUT2D eigenvalue weighted by molar-refractivity contribution is -0.150. The van der Waals surface area contributed by atoms with E-state index in [9.17, 15) is 9.18 Å². The van der Waals surface area contributed by atoms with Crippen LogP contribution in [0.2, 0.25) is 0 Å². The molecule has 1 amide bonds. The van der Waals surface area contributed by atoms with Crippen LogP contribution in [0.1, 0.15) is 18.4 Å².